The van der Waals surface area contributed by atoms with Crippen LogP contribution in [-0.4, -0.2) is 26.5 Å². The van der Waals surface area contributed by atoms with Crippen LogP contribution in [0.4, 0.5) is 5.82 Å². The van der Waals surface area contributed by atoms with Crippen molar-refractivity contribution in [2.45, 2.75) is 13.5 Å². The summed E-state index contributed by atoms with van der Waals surface area (Å²) in [6, 6.07) is 5.82. The van der Waals surface area contributed by atoms with Gasteiger partial charge in [-0.15, -0.1) is 0 Å². The van der Waals surface area contributed by atoms with Crippen LogP contribution in [-0.2, 0) is 6.54 Å². The van der Waals surface area contributed by atoms with Crippen molar-refractivity contribution in [2.24, 2.45) is 5.73 Å². The maximum Gasteiger partial charge on any atom is 0.157 e. The van der Waals surface area contributed by atoms with Crippen LogP contribution in [0.15, 0.2) is 36.8 Å². The first kappa shape index (κ1) is 13.4. The Morgan fingerprint density at radius 1 is 1.21 bits per heavy atom. The van der Waals surface area contributed by atoms with E-state index >= 15 is 0 Å². The highest BCUT2D eigenvalue weighted by molar-refractivity contribution is 7.80. The van der Waals surface area contributed by atoms with E-state index in [-0.39, 0.29) is 4.99 Å². The minimum absolute atomic E-state index is 0.252. The molecule has 2 N–H and O–H groups in total. The number of rotatable bonds is 5. The Kier molecular flexibility index (Phi) is 4.35. The third-order valence-corrected chi connectivity index (χ3v) is 2.87. The van der Waals surface area contributed by atoms with Gasteiger partial charge in [0.05, 0.1) is 12.2 Å². The Morgan fingerprint density at radius 2 is 2.00 bits per heavy atom. The molecular weight excluding hydrogens is 258 g/mol. The summed E-state index contributed by atoms with van der Waals surface area (Å²) in [5, 5.41) is 0. The maximum atomic E-state index is 5.69. The van der Waals surface area contributed by atoms with Gasteiger partial charge < -0.3 is 10.6 Å². The zero-order chi connectivity index (χ0) is 13.7. The van der Waals surface area contributed by atoms with Gasteiger partial charge in [0.1, 0.15) is 10.7 Å². The fraction of sp³-hybridized carbons (Fsp3) is 0.231. The van der Waals surface area contributed by atoms with Crippen molar-refractivity contribution >= 4 is 23.0 Å². The Balaban J connectivity index is 2.30. The van der Waals surface area contributed by atoms with Crippen LogP contribution in [0.2, 0.25) is 0 Å². The summed E-state index contributed by atoms with van der Waals surface area (Å²) in [5.41, 5.74) is 7.20. The van der Waals surface area contributed by atoms with Crippen molar-refractivity contribution in [3.63, 3.8) is 0 Å². The molecule has 2 heterocycles. The Bertz CT molecular complexity index is 558. The van der Waals surface area contributed by atoms with Crippen molar-refractivity contribution < 1.29 is 0 Å². The topological polar surface area (TPSA) is 67.9 Å². The lowest BCUT2D eigenvalue weighted by Gasteiger charge is -2.22. The van der Waals surface area contributed by atoms with Gasteiger partial charge in [-0.2, -0.15) is 0 Å². The van der Waals surface area contributed by atoms with Crippen molar-refractivity contribution in [1.29, 1.82) is 0 Å². The molecule has 0 atom stereocenters. The summed E-state index contributed by atoms with van der Waals surface area (Å²) in [5.74, 6) is 0.697. The van der Waals surface area contributed by atoms with Crippen LogP contribution >= 0.6 is 12.2 Å². The van der Waals surface area contributed by atoms with Gasteiger partial charge in [-0.25, -0.2) is 9.97 Å². The minimum Gasteiger partial charge on any atom is -0.388 e. The van der Waals surface area contributed by atoms with Crippen LogP contribution in [0.3, 0.4) is 0 Å². The lowest BCUT2D eigenvalue weighted by molar-refractivity contribution is 0.788. The highest BCUT2D eigenvalue weighted by atomic mass is 32.1. The molecule has 0 aromatic carbocycles. The van der Waals surface area contributed by atoms with E-state index in [1.165, 1.54) is 0 Å². The maximum absolute atomic E-state index is 5.69. The molecule has 0 aliphatic heterocycles. The second-order valence-electron chi connectivity index (χ2n) is 3.93. The molecule has 0 saturated carbocycles. The summed E-state index contributed by atoms with van der Waals surface area (Å²) in [7, 11) is 0. The molecule has 0 spiro atoms. The molecule has 0 saturated heterocycles. The smallest absolute Gasteiger partial charge is 0.157 e. The standard InChI is InChI=1S/C13H15N5S/c1-2-18(9-10-5-3-4-6-15-10)13-11(12(14)19)16-7-8-17-13/h3-8H,2,9H2,1H3,(H2,14,19). The molecule has 0 bridgehead atoms. The summed E-state index contributed by atoms with van der Waals surface area (Å²) in [6.07, 6.45) is 5.00. The Hall–Kier alpha value is -2.08. The number of pyridine rings is 1. The van der Waals surface area contributed by atoms with Gasteiger partial charge in [-0.3, -0.25) is 4.98 Å². The second kappa shape index (κ2) is 6.19. The van der Waals surface area contributed by atoms with Crippen LogP contribution in [0.1, 0.15) is 18.3 Å². The van der Waals surface area contributed by atoms with E-state index in [2.05, 4.69) is 15.0 Å². The minimum atomic E-state index is 0.252. The van der Waals surface area contributed by atoms with Crippen molar-refractivity contribution in [3.8, 4) is 0 Å². The van der Waals surface area contributed by atoms with E-state index in [1.807, 2.05) is 30.0 Å². The highest BCUT2D eigenvalue weighted by Crippen LogP contribution is 2.16. The van der Waals surface area contributed by atoms with E-state index in [0.717, 1.165) is 12.2 Å². The SMILES string of the molecule is CCN(Cc1ccccn1)c1nccnc1C(N)=S. The number of hydrogen-bond donors (Lipinski definition) is 1. The van der Waals surface area contributed by atoms with Gasteiger partial charge in [0.2, 0.25) is 0 Å². The first-order chi connectivity index (χ1) is 9.22. The molecular formula is C13H15N5S. The van der Waals surface area contributed by atoms with E-state index in [0.29, 0.717) is 18.1 Å². The van der Waals surface area contributed by atoms with Crippen LogP contribution in [0.25, 0.3) is 0 Å². The molecule has 5 nitrogen and oxygen atoms in total. The Labute approximate surface area is 117 Å². The van der Waals surface area contributed by atoms with Gasteiger partial charge in [0.25, 0.3) is 0 Å². The van der Waals surface area contributed by atoms with Crippen LogP contribution in [0, 0.1) is 0 Å². The molecule has 0 radical (unpaired) electrons. The van der Waals surface area contributed by atoms with Gasteiger partial charge in [-0.1, -0.05) is 18.3 Å². The largest absolute Gasteiger partial charge is 0.388 e. The third kappa shape index (κ3) is 3.23. The normalized spacial score (nSPS) is 10.2. The highest BCUT2D eigenvalue weighted by Gasteiger charge is 2.14. The summed E-state index contributed by atoms with van der Waals surface area (Å²) >= 11 is 5.01. The van der Waals surface area contributed by atoms with Gasteiger partial charge in [0, 0.05) is 25.1 Å². The lowest BCUT2D eigenvalue weighted by Crippen LogP contribution is -2.27. The fourth-order valence-electron chi connectivity index (χ4n) is 1.76. The van der Waals surface area contributed by atoms with E-state index in [4.69, 9.17) is 18.0 Å². The van der Waals surface area contributed by atoms with Crippen LogP contribution in [0.5, 0.6) is 0 Å². The van der Waals surface area contributed by atoms with E-state index < -0.39 is 0 Å². The zero-order valence-corrected chi connectivity index (χ0v) is 11.5. The fourth-order valence-corrected chi connectivity index (χ4v) is 1.90. The van der Waals surface area contributed by atoms with Gasteiger partial charge >= 0.3 is 0 Å². The molecule has 2 aromatic heterocycles. The molecule has 98 valence electrons. The number of aromatic nitrogens is 3. The first-order valence-electron chi connectivity index (χ1n) is 5.98. The predicted octanol–water partition coefficient (Wildman–Crippen LogP) is 1.53. The monoisotopic (exact) mass is 273 g/mol. The molecule has 0 aliphatic rings. The van der Waals surface area contributed by atoms with Gasteiger partial charge in [-0.05, 0) is 19.1 Å². The van der Waals surface area contributed by atoms with Crippen molar-refractivity contribution in [1.82, 2.24) is 15.0 Å². The van der Waals surface area contributed by atoms with Gasteiger partial charge in [0.15, 0.2) is 5.82 Å². The van der Waals surface area contributed by atoms with Crippen molar-refractivity contribution in [2.75, 3.05) is 11.4 Å². The Morgan fingerprint density at radius 3 is 2.63 bits per heavy atom. The summed E-state index contributed by atoms with van der Waals surface area (Å²) in [4.78, 5) is 15.1. The lowest BCUT2D eigenvalue weighted by atomic mass is 10.3. The van der Waals surface area contributed by atoms with E-state index in [9.17, 15) is 0 Å². The molecule has 0 aliphatic carbocycles. The predicted molar refractivity (Wildman–Crippen MR) is 78.9 cm³/mol. The summed E-state index contributed by atoms with van der Waals surface area (Å²) in [6.45, 7) is 3.46. The molecule has 0 fully saturated rings. The van der Waals surface area contributed by atoms with Crippen LogP contribution < -0.4 is 10.6 Å². The molecule has 0 unspecified atom stereocenters. The number of thiocarbonyl (C=S) groups is 1. The number of nitrogens with zero attached hydrogens (tertiary/aromatic N) is 4. The van der Waals surface area contributed by atoms with E-state index in [1.54, 1.807) is 18.6 Å². The molecule has 2 aromatic rings. The number of hydrogen-bond acceptors (Lipinski definition) is 5. The average molecular weight is 273 g/mol. The zero-order valence-electron chi connectivity index (χ0n) is 10.7. The second-order valence-corrected chi connectivity index (χ2v) is 4.37. The number of anilines is 1. The quantitative estimate of drug-likeness (QED) is 0.833. The van der Waals surface area contributed by atoms with Crippen molar-refractivity contribution in [3.05, 3.63) is 48.2 Å². The molecule has 2 rings (SSSR count). The molecule has 6 heteroatoms. The average Bonchev–Trinajstić information content (AvgIpc) is 2.46. The number of nitrogens with two attached hydrogens (primary N) is 1. The first-order valence-corrected chi connectivity index (χ1v) is 6.39. The molecule has 19 heavy (non-hydrogen) atoms. The molecule has 0 amide bonds. The summed E-state index contributed by atoms with van der Waals surface area (Å²) < 4.78 is 0. The third-order valence-electron chi connectivity index (χ3n) is 2.67.